The molecule has 0 aromatic heterocycles. The molecule has 0 spiro atoms. The molecule has 196 valence electrons. The monoisotopic (exact) mass is 544 g/mol. The van der Waals surface area contributed by atoms with Gasteiger partial charge in [-0.2, -0.15) is 56.3 Å². The Labute approximate surface area is 207 Å². The van der Waals surface area contributed by atoms with Gasteiger partial charge in [-0.3, -0.25) is 0 Å². The van der Waals surface area contributed by atoms with Crippen LogP contribution >= 0.6 is 0 Å². The third kappa shape index (κ3) is 6.70. The van der Waals surface area contributed by atoms with Crippen LogP contribution < -0.4 is 9.47 Å². The molecule has 0 heterocycles. The summed E-state index contributed by atoms with van der Waals surface area (Å²) in [6.45, 7) is 6.94. The summed E-state index contributed by atoms with van der Waals surface area (Å²) in [5.41, 5.74) is -5.38. The van der Waals surface area contributed by atoms with E-state index < -0.39 is 63.9 Å². The van der Waals surface area contributed by atoms with Crippen LogP contribution in [0.15, 0.2) is 76.2 Å². The number of rotatable bonds is 4. The smallest absolute Gasteiger partial charge is 0.416 e. The van der Waals surface area contributed by atoms with E-state index >= 15 is 0 Å². The van der Waals surface area contributed by atoms with Crippen molar-refractivity contribution in [2.24, 2.45) is 10.1 Å². The summed E-state index contributed by atoms with van der Waals surface area (Å²) in [6, 6.07) is 3.94. The van der Waals surface area contributed by atoms with E-state index in [4.69, 9.17) is 21.3 Å². The van der Waals surface area contributed by atoms with Crippen molar-refractivity contribution in [3.8, 4) is 17.7 Å². The molecule has 15 heteroatoms. The lowest BCUT2D eigenvalue weighted by molar-refractivity contribution is -0.143. The van der Waals surface area contributed by atoms with Crippen molar-refractivity contribution in [2.75, 3.05) is 0 Å². The van der Waals surface area contributed by atoms with Crippen LogP contribution in [0.5, 0.6) is 11.5 Å². The van der Waals surface area contributed by atoms with Crippen molar-refractivity contribution < 1.29 is 49.0 Å². The number of benzene rings is 2. The Bertz CT molecular complexity index is 1420. The van der Waals surface area contributed by atoms with Crippen molar-refractivity contribution in [3.63, 3.8) is 0 Å². The molecule has 0 fully saturated rings. The standard InChI is InChI=1S/C23H9F9N4O2/c1-34-36-18-10-19(38-16-7-13(22(27,28)29)5-14(8-16)23(30,31)32)17(35-11-33)9-20(18)37-15-4-2-3-12(6-15)21(24,25)26/h2-10H. The highest BCUT2D eigenvalue weighted by atomic mass is 19.4. The molecule has 2 aromatic rings. The maximum Gasteiger partial charge on any atom is 0.416 e. The highest BCUT2D eigenvalue weighted by Gasteiger charge is 2.38. The van der Waals surface area contributed by atoms with Gasteiger partial charge in [0, 0.05) is 12.2 Å². The summed E-state index contributed by atoms with van der Waals surface area (Å²) in [5, 5.41) is 12.4. The van der Waals surface area contributed by atoms with Crippen molar-refractivity contribution >= 4 is 11.4 Å². The first-order chi connectivity index (χ1) is 17.6. The van der Waals surface area contributed by atoms with Crippen LogP contribution in [0.25, 0.3) is 4.95 Å². The third-order valence-electron chi connectivity index (χ3n) is 4.55. The maximum absolute atomic E-state index is 13.2. The molecule has 0 unspecified atom stereocenters. The van der Waals surface area contributed by atoms with Gasteiger partial charge in [0.05, 0.1) is 21.8 Å². The van der Waals surface area contributed by atoms with Crippen molar-refractivity contribution in [3.05, 3.63) is 94.4 Å². The highest BCUT2D eigenvalue weighted by Crippen LogP contribution is 2.39. The molecule has 3 rings (SSSR count). The Kier molecular flexibility index (Phi) is 7.53. The molecule has 0 N–H and O–H groups in total. The number of nitrogens with zero attached hydrogens (tertiary/aromatic N) is 4. The predicted molar refractivity (Wildman–Crippen MR) is 112 cm³/mol. The first kappa shape index (κ1) is 27.8. The predicted octanol–water partition coefficient (Wildman–Crippen LogP) is 7.18. The Morgan fingerprint density at radius 2 is 1.21 bits per heavy atom. The topological polar surface area (TPSA) is 71.3 Å². The highest BCUT2D eigenvalue weighted by molar-refractivity contribution is 6.22. The number of nitriles is 1. The quantitative estimate of drug-likeness (QED) is 0.135. The average Bonchev–Trinajstić information content (AvgIpc) is 2.80. The second-order valence-corrected chi connectivity index (χ2v) is 7.17. The zero-order valence-electron chi connectivity index (χ0n) is 18.2. The van der Waals surface area contributed by atoms with E-state index in [1.54, 1.807) is 0 Å². The van der Waals surface area contributed by atoms with Crippen molar-refractivity contribution in [2.45, 2.75) is 18.5 Å². The van der Waals surface area contributed by atoms with E-state index in [1.165, 1.54) is 6.19 Å². The number of allylic oxidation sites excluding steroid dienone is 2. The fourth-order valence-corrected chi connectivity index (χ4v) is 2.95. The van der Waals surface area contributed by atoms with Crippen LogP contribution in [0.4, 0.5) is 39.5 Å². The maximum atomic E-state index is 13.2. The SMILES string of the molecule is [C-]#[N+]N=C1C=C(Oc2cc(C(F)(F)F)cc(C(F)(F)F)c2)C(=NC#N)C=C1Oc1cccc(C(F)(F)F)c1. The second-order valence-electron chi connectivity index (χ2n) is 7.17. The van der Waals surface area contributed by atoms with Gasteiger partial charge in [-0.05, 0) is 36.4 Å². The van der Waals surface area contributed by atoms with E-state index in [1.807, 2.05) is 0 Å². The molecule has 38 heavy (non-hydrogen) atoms. The molecule has 0 radical (unpaired) electrons. The van der Waals surface area contributed by atoms with Gasteiger partial charge in [-0.25, -0.2) is 0 Å². The van der Waals surface area contributed by atoms with E-state index in [-0.39, 0.29) is 23.9 Å². The van der Waals surface area contributed by atoms with Crippen LogP contribution in [0.1, 0.15) is 16.7 Å². The Morgan fingerprint density at radius 3 is 1.74 bits per heavy atom. The number of hydrogen-bond acceptors (Lipinski definition) is 5. The zero-order chi connectivity index (χ0) is 28.3. The van der Waals surface area contributed by atoms with E-state index in [0.717, 1.165) is 30.4 Å². The molecule has 2 aromatic carbocycles. The van der Waals surface area contributed by atoms with Gasteiger partial charge < -0.3 is 9.47 Å². The Morgan fingerprint density at radius 1 is 0.711 bits per heavy atom. The van der Waals surface area contributed by atoms with Gasteiger partial charge in [-0.15, -0.1) is 4.95 Å². The lowest BCUT2D eigenvalue weighted by Gasteiger charge is -2.19. The van der Waals surface area contributed by atoms with Gasteiger partial charge in [0.25, 0.3) is 0 Å². The van der Waals surface area contributed by atoms with Gasteiger partial charge in [0.1, 0.15) is 17.2 Å². The van der Waals surface area contributed by atoms with Crippen LogP contribution in [0.3, 0.4) is 0 Å². The number of halogens is 9. The molecule has 1 aliphatic carbocycles. The minimum atomic E-state index is -5.17. The van der Waals surface area contributed by atoms with Crippen LogP contribution in [0.2, 0.25) is 0 Å². The largest absolute Gasteiger partial charge is 0.455 e. The van der Waals surface area contributed by atoms with Crippen LogP contribution in [0, 0.1) is 18.0 Å². The molecule has 0 atom stereocenters. The summed E-state index contributed by atoms with van der Waals surface area (Å²) in [6.07, 6.45) is -12.1. The van der Waals surface area contributed by atoms with Gasteiger partial charge >= 0.3 is 18.5 Å². The van der Waals surface area contributed by atoms with Gasteiger partial charge in [-0.1, -0.05) is 6.07 Å². The van der Waals surface area contributed by atoms with Gasteiger partial charge in [0.15, 0.2) is 17.2 Å². The summed E-state index contributed by atoms with van der Waals surface area (Å²) in [5.74, 6) is -2.33. The summed E-state index contributed by atoms with van der Waals surface area (Å²) in [7, 11) is 0. The van der Waals surface area contributed by atoms with E-state index in [2.05, 4.69) is 15.0 Å². The molecular weight excluding hydrogens is 535 g/mol. The third-order valence-corrected chi connectivity index (χ3v) is 4.55. The lowest BCUT2D eigenvalue weighted by atomic mass is 10.1. The summed E-state index contributed by atoms with van der Waals surface area (Å²) in [4.78, 5) is 6.11. The molecule has 1 aliphatic rings. The number of ether oxygens (including phenoxy) is 2. The minimum Gasteiger partial charge on any atom is -0.455 e. The number of hydrogen-bond donors (Lipinski definition) is 0. The molecule has 0 bridgehead atoms. The summed E-state index contributed by atoms with van der Waals surface area (Å²) >= 11 is 0. The second kappa shape index (κ2) is 10.3. The molecule has 6 nitrogen and oxygen atoms in total. The van der Waals surface area contributed by atoms with E-state index in [9.17, 15) is 39.5 Å². The fourth-order valence-electron chi connectivity index (χ4n) is 2.95. The first-order valence-electron chi connectivity index (χ1n) is 9.79. The van der Waals surface area contributed by atoms with Crippen LogP contribution in [-0.2, 0) is 18.5 Å². The number of alkyl halides is 9. The zero-order valence-corrected chi connectivity index (χ0v) is 18.2. The Balaban J connectivity index is 2.05. The molecular formula is C23H9F9N4O2. The first-order valence-corrected chi connectivity index (χ1v) is 9.79. The lowest BCUT2D eigenvalue weighted by Crippen LogP contribution is -2.20. The average molecular weight is 544 g/mol. The molecule has 0 aliphatic heterocycles. The molecule has 0 amide bonds. The van der Waals surface area contributed by atoms with E-state index in [0.29, 0.717) is 6.07 Å². The van der Waals surface area contributed by atoms with Crippen LogP contribution in [-0.4, -0.2) is 11.4 Å². The number of aliphatic imine (C=N–C) groups is 1. The fraction of sp³-hybridized carbons (Fsp3) is 0.130. The Hall–Kier alpha value is -4.79. The summed E-state index contributed by atoms with van der Waals surface area (Å²) < 4.78 is 129. The van der Waals surface area contributed by atoms with Crippen molar-refractivity contribution in [1.82, 2.24) is 0 Å². The van der Waals surface area contributed by atoms with Crippen molar-refractivity contribution in [1.29, 1.82) is 5.26 Å². The minimum absolute atomic E-state index is 0.126. The normalized spacial score (nSPS) is 16.4. The molecule has 0 saturated heterocycles. The molecule has 0 saturated carbocycles. The van der Waals surface area contributed by atoms with Gasteiger partial charge in [0.2, 0.25) is 6.19 Å².